The Hall–Kier alpha value is -2.66. The van der Waals surface area contributed by atoms with E-state index in [4.69, 9.17) is 16.1 Å². The monoisotopic (exact) mass is 367 g/mol. The van der Waals surface area contributed by atoms with Gasteiger partial charge in [0.25, 0.3) is 5.91 Å². The molecule has 1 saturated carbocycles. The van der Waals surface area contributed by atoms with Crippen molar-refractivity contribution in [3.63, 3.8) is 0 Å². The molecule has 1 fully saturated rings. The van der Waals surface area contributed by atoms with Gasteiger partial charge in [-0.1, -0.05) is 47.8 Å². The normalized spacial score (nSPS) is 14.5. The van der Waals surface area contributed by atoms with Gasteiger partial charge in [-0.2, -0.15) is 4.98 Å². The minimum Gasteiger partial charge on any atom is -0.339 e. The van der Waals surface area contributed by atoms with Crippen molar-refractivity contribution in [1.82, 2.24) is 10.1 Å². The van der Waals surface area contributed by atoms with E-state index >= 15 is 0 Å². The molecule has 5 nitrogen and oxygen atoms in total. The molecule has 0 saturated heterocycles. The molecule has 1 aliphatic rings. The lowest BCUT2D eigenvalue weighted by Gasteiger charge is -2.06. The van der Waals surface area contributed by atoms with Gasteiger partial charge in [-0.25, -0.2) is 0 Å². The predicted octanol–water partition coefficient (Wildman–Crippen LogP) is 5.30. The summed E-state index contributed by atoms with van der Waals surface area (Å²) >= 11 is 5.95. The topological polar surface area (TPSA) is 68.0 Å². The van der Waals surface area contributed by atoms with E-state index in [1.54, 1.807) is 24.3 Å². The second-order valence-electron chi connectivity index (χ2n) is 6.48. The van der Waals surface area contributed by atoms with Gasteiger partial charge in [0.2, 0.25) is 11.7 Å². The van der Waals surface area contributed by atoms with Gasteiger partial charge in [-0.05, 0) is 43.2 Å². The van der Waals surface area contributed by atoms with Crippen molar-refractivity contribution in [2.45, 2.75) is 31.6 Å². The number of nitrogens with one attached hydrogen (secondary N) is 1. The van der Waals surface area contributed by atoms with Crippen LogP contribution in [0.2, 0.25) is 5.02 Å². The molecule has 1 aliphatic carbocycles. The van der Waals surface area contributed by atoms with Crippen LogP contribution in [0.3, 0.4) is 0 Å². The van der Waals surface area contributed by atoms with Crippen LogP contribution in [-0.2, 0) is 0 Å². The Morgan fingerprint density at radius 1 is 1.12 bits per heavy atom. The molecule has 132 valence electrons. The van der Waals surface area contributed by atoms with Crippen LogP contribution in [0.4, 0.5) is 5.69 Å². The van der Waals surface area contributed by atoms with E-state index in [-0.39, 0.29) is 5.91 Å². The van der Waals surface area contributed by atoms with Gasteiger partial charge in [-0.15, -0.1) is 0 Å². The van der Waals surface area contributed by atoms with E-state index < -0.39 is 0 Å². The Morgan fingerprint density at radius 2 is 1.92 bits per heavy atom. The van der Waals surface area contributed by atoms with Gasteiger partial charge in [0.1, 0.15) is 0 Å². The average molecular weight is 368 g/mol. The van der Waals surface area contributed by atoms with Crippen molar-refractivity contribution in [1.29, 1.82) is 0 Å². The lowest BCUT2D eigenvalue weighted by Crippen LogP contribution is -2.11. The second kappa shape index (κ2) is 7.30. The van der Waals surface area contributed by atoms with Gasteiger partial charge in [-0.3, -0.25) is 4.79 Å². The quantitative estimate of drug-likeness (QED) is 0.679. The number of carbonyl (C=O) groups is 1. The van der Waals surface area contributed by atoms with Gasteiger partial charge in [0, 0.05) is 27.8 Å². The number of rotatable bonds is 4. The first-order valence-electron chi connectivity index (χ1n) is 8.70. The maximum atomic E-state index is 12.4. The Morgan fingerprint density at radius 3 is 2.73 bits per heavy atom. The van der Waals surface area contributed by atoms with E-state index in [0.29, 0.717) is 33.9 Å². The summed E-state index contributed by atoms with van der Waals surface area (Å²) in [6.45, 7) is 0. The third-order valence-electron chi connectivity index (χ3n) is 4.61. The van der Waals surface area contributed by atoms with Crippen LogP contribution in [0.25, 0.3) is 11.4 Å². The largest absolute Gasteiger partial charge is 0.339 e. The molecular weight excluding hydrogens is 350 g/mol. The van der Waals surface area contributed by atoms with Crippen LogP contribution in [-0.4, -0.2) is 16.0 Å². The van der Waals surface area contributed by atoms with Crippen LogP contribution in [0.5, 0.6) is 0 Å². The fourth-order valence-corrected chi connectivity index (χ4v) is 3.45. The third kappa shape index (κ3) is 3.63. The number of amides is 1. The number of benzene rings is 2. The van der Waals surface area contributed by atoms with Crippen molar-refractivity contribution in [3.05, 3.63) is 65.0 Å². The summed E-state index contributed by atoms with van der Waals surface area (Å²) in [5.41, 5.74) is 1.98. The Labute approximate surface area is 156 Å². The fraction of sp³-hybridized carbons (Fsp3) is 0.250. The summed E-state index contributed by atoms with van der Waals surface area (Å²) < 4.78 is 5.44. The second-order valence-corrected chi connectivity index (χ2v) is 6.92. The van der Waals surface area contributed by atoms with Crippen LogP contribution in [0.1, 0.15) is 47.8 Å². The molecule has 0 spiro atoms. The number of hydrogen-bond donors (Lipinski definition) is 1. The van der Waals surface area contributed by atoms with Crippen LogP contribution in [0.15, 0.2) is 53.1 Å². The van der Waals surface area contributed by atoms with E-state index in [9.17, 15) is 4.79 Å². The first-order chi connectivity index (χ1) is 12.7. The summed E-state index contributed by atoms with van der Waals surface area (Å²) in [5.74, 6) is 1.42. The van der Waals surface area contributed by atoms with Gasteiger partial charge in [0.05, 0.1) is 0 Å². The SMILES string of the molecule is O=C(Nc1cccc(-c2noc(C3CCCC3)n2)c1)c1cccc(Cl)c1. The summed E-state index contributed by atoms with van der Waals surface area (Å²) in [7, 11) is 0. The molecule has 2 aromatic carbocycles. The zero-order chi connectivity index (χ0) is 17.9. The molecule has 1 N–H and O–H groups in total. The summed E-state index contributed by atoms with van der Waals surface area (Å²) in [6.07, 6.45) is 4.65. The Balaban J connectivity index is 1.52. The molecular formula is C20H18ClN3O2. The summed E-state index contributed by atoms with van der Waals surface area (Å²) in [5, 5.41) is 7.50. The number of halogens is 1. The van der Waals surface area contributed by atoms with Crippen molar-refractivity contribution in [2.75, 3.05) is 5.32 Å². The first kappa shape index (κ1) is 16.8. The van der Waals surface area contributed by atoms with Gasteiger partial charge in [0.15, 0.2) is 0 Å². The molecule has 0 unspecified atom stereocenters. The number of carbonyl (C=O) groups excluding carboxylic acids is 1. The van der Waals surface area contributed by atoms with Crippen LogP contribution >= 0.6 is 11.6 Å². The summed E-state index contributed by atoms with van der Waals surface area (Å²) in [4.78, 5) is 16.9. The molecule has 1 aromatic heterocycles. The molecule has 4 rings (SSSR count). The Kier molecular flexibility index (Phi) is 4.71. The molecule has 1 amide bonds. The maximum absolute atomic E-state index is 12.4. The van der Waals surface area contributed by atoms with E-state index in [1.807, 2.05) is 24.3 Å². The van der Waals surface area contributed by atoms with Crippen molar-refractivity contribution in [2.24, 2.45) is 0 Å². The van der Waals surface area contributed by atoms with E-state index in [2.05, 4.69) is 15.5 Å². The average Bonchev–Trinajstić information content (AvgIpc) is 3.33. The molecule has 0 aliphatic heterocycles. The summed E-state index contributed by atoms with van der Waals surface area (Å²) in [6, 6.07) is 14.3. The smallest absolute Gasteiger partial charge is 0.255 e. The minimum absolute atomic E-state index is 0.218. The number of anilines is 1. The number of hydrogen-bond acceptors (Lipinski definition) is 4. The fourth-order valence-electron chi connectivity index (χ4n) is 3.26. The van der Waals surface area contributed by atoms with Crippen molar-refractivity contribution < 1.29 is 9.32 Å². The van der Waals surface area contributed by atoms with Crippen LogP contribution in [0, 0.1) is 0 Å². The van der Waals surface area contributed by atoms with E-state index in [0.717, 1.165) is 18.4 Å². The highest BCUT2D eigenvalue weighted by atomic mass is 35.5. The molecule has 3 aromatic rings. The third-order valence-corrected chi connectivity index (χ3v) is 4.85. The maximum Gasteiger partial charge on any atom is 0.255 e. The lowest BCUT2D eigenvalue weighted by molar-refractivity contribution is 0.102. The molecule has 0 bridgehead atoms. The lowest BCUT2D eigenvalue weighted by atomic mass is 10.1. The molecule has 0 atom stereocenters. The zero-order valence-electron chi connectivity index (χ0n) is 14.1. The molecule has 6 heteroatoms. The standard InChI is InChI=1S/C20H18ClN3O2/c21-16-9-3-8-15(11-16)19(25)22-17-10-4-7-14(12-17)18-23-20(26-24-18)13-5-1-2-6-13/h3-4,7-13H,1-2,5-6H2,(H,22,25). The molecule has 26 heavy (non-hydrogen) atoms. The van der Waals surface area contributed by atoms with Crippen molar-refractivity contribution in [3.8, 4) is 11.4 Å². The first-order valence-corrected chi connectivity index (χ1v) is 9.08. The van der Waals surface area contributed by atoms with Gasteiger partial charge >= 0.3 is 0 Å². The highest BCUT2D eigenvalue weighted by Gasteiger charge is 2.23. The predicted molar refractivity (Wildman–Crippen MR) is 100 cm³/mol. The van der Waals surface area contributed by atoms with Crippen molar-refractivity contribution >= 4 is 23.2 Å². The highest BCUT2D eigenvalue weighted by Crippen LogP contribution is 2.34. The van der Waals surface area contributed by atoms with E-state index in [1.165, 1.54) is 12.8 Å². The Bertz CT molecular complexity index is 932. The number of nitrogens with zero attached hydrogens (tertiary/aromatic N) is 2. The van der Waals surface area contributed by atoms with Crippen LogP contribution < -0.4 is 5.32 Å². The minimum atomic E-state index is -0.218. The highest BCUT2D eigenvalue weighted by molar-refractivity contribution is 6.31. The molecule has 1 heterocycles. The van der Waals surface area contributed by atoms with Gasteiger partial charge < -0.3 is 9.84 Å². The molecule has 0 radical (unpaired) electrons. The number of aromatic nitrogens is 2. The zero-order valence-corrected chi connectivity index (χ0v) is 14.9.